The molecule has 0 bridgehead atoms. The van der Waals surface area contributed by atoms with Crippen molar-refractivity contribution in [3.63, 3.8) is 0 Å². The lowest BCUT2D eigenvalue weighted by molar-refractivity contribution is 0.0934. The molecule has 1 amide bonds. The number of benzene rings is 1. The lowest BCUT2D eigenvalue weighted by Gasteiger charge is -2.11. The standard InChI is InChI=1S/C16H16N4O2/c1-3-13-19-16(22-20-13)10(2)18-15(21)12-8-4-6-11-7-5-9-17-14(11)12/h4-10H,3H2,1-2H3,(H,18,21)/t10-/m0/s1. The van der Waals surface area contributed by atoms with Crippen molar-refractivity contribution in [3.8, 4) is 0 Å². The average Bonchev–Trinajstić information content (AvgIpc) is 3.03. The molecule has 1 N–H and O–H groups in total. The number of nitrogens with zero attached hydrogens (tertiary/aromatic N) is 3. The van der Waals surface area contributed by atoms with Gasteiger partial charge in [-0.05, 0) is 19.1 Å². The summed E-state index contributed by atoms with van der Waals surface area (Å²) in [5, 5.41) is 7.63. The Morgan fingerprint density at radius 2 is 2.14 bits per heavy atom. The summed E-state index contributed by atoms with van der Waals surface area (Å²) in [6.45, 7) is 3.75. The second-order valence-corrected chi connectivity index (χ2v) is 4.98. The Hall–Kier alpha value is -2.76. The molecule has 1 aromatic carbocycles. The fraction of sp³-hybridized carbons (Fsp3) is 0.250. The summed E-state index contributed by atoms with van der Waals surface area (Å²) in [6, 6.07) is 8.92. The molecule has 6 nitrogen and oxygen atoms in total. The molecule has 3 aromatic rings. The molecular formula is C16H16N4O2. The summed E-state index contributed by atoms with van der Waals surface area (Å²) >= 11 is 0. The minimum absolute atomic E-state index is 0.215. The lowest BCUT2D eigenvalue weighted by atomic mass is 10.1. The molecule has 2 heterocycles. The number of para-hydroxylation sites is 1. The maximum atomic E-state index is 12.5. The maximum absolute atomic E-state index is 12.5. The first kappa shape index (κ1) is 14.2. The molecule has 1 atom stereocenters. The van der Waals surface area contributed by atoms with Crippen molar-refractivity contribution in [2.45, 2.75) is 26.3 Å². The third kappa shape index (κ3) is 2.67. The van der Waals surface area contributed by atoms with Crippen LogP contribution in [0.25, 0.3) is 10.9 Å². The van der Waals surface area contributed by atoms with Crippen molar-refractivity contribution in [3.05, 3.63) is 53.8 Å². The molecule has 0 aliphatic rings. The first-order valence-corrected chi connectivity index (χ1v) is 7.16. The number of rotatable bonds is 4. The van der Waals surface area contributed by atoms with Crippen LogP contribution >= 0.6 is 0 Å². The summed E-state index contributed by atoms with van der Waals surface area (Å²) in [7, 11) is 0. The van der Waals surface area contributed by atoms with Gasteiger partial charge in [-0.3, -0.25) is 9.78 Å². The van der Waals surface area contributed by atoms with E-state index in [1.807, 2.05) is 38.1 Å². The second-order valence-electron chi connectivity index (χ2n) is 4.98. The predicted octanol–water partition coefficient (Wildman–Crippen LogP) is 2.67. The molecule has 22 heavy (non-hydrogen) atoms. The zero-order valence-electron chi connectivity index (χ0n) is 12.4. The van der Waals surface area contributed by atoms with Gasteiger partial charge in [0.25, 0.3) is 5.91 Å². The Bertz CT molecular complexity index is 807. The van der Waals surface area contributed by atoms with E-state index in [1.54, 1.807) is 12.3 Å². The molecule has 0 unspecified atom stereocenters. The van der Waals surface area contributed by atoms with Crippen LogP contribution in [0.5, 0.6) is 0 Å². The van der Waals surface area contributed by atoms with Crippen LogP contribution in [0.15, 0.2) is 41.1 Å². The highest BCUT2D eigenvalue weighted by Crippen LogP contribution is 2.17. The highest BCUT2D eigenvalue weighted by molar-refractivity contribution is 6.05. The zero-order chi connectivity index (χ0) is 15.5. The van der Waals surface area contributed by atoms with E-state index >= 15 is 0 Å². The predicted molar refractivity (Wildman–Crippen MR) is 81.3 cm³/mol. The molecule has 0 radical (unpaired) electrons. The number of carbonyl (C=O) groups excluding carboxylic acids is 1. The SMILES string of the molecule is CCc1noc([C@H](C)NC(=O)c2cccc3cccnc23)n1. The van der Waals surface area contributed by atoms with Crippen LogP contribution in [0.4, 0.5) is 0 Å². The number of aryl methyl sites for hydroxylation is 1. The average molecular weight is 296 g/mol. The molecule has 0 saturated carbocycles. The first-order valence-electron chi connectivity index (χ1n) is 7.16. The Morgan fingerprint density at radius 3 is 2.91 bits per heavy atom. The fourth-order valence-corrected chi connectivity index (χ4v) is 2.21. The van der Waals surface area contributed by atoms with E-state index in [-0.39, 0.29) is 11.9 Å². The normalized spacial score (nSPS) is 12.3. The Labute approximate surface area is 127 Å². The highest BCUT2D eigenvalue weighted by Gasteiger charge is 2.18. The smallest absolute Gasteiger partial charge is 0.254 e. The molecule has 0 saturated heterocycles. The maximum Gasteiger partial charge on any atom is 0.254 e. The van der Waals surface area contributed by atoms with Gasteiger partial charge < -0.3 is 9.84 Å². The summed E-state index contributed by atoms with van der Waals surface area (Å²) in [5.41, 5.74) is 1.20. The Morgan fingerprint density at radius 1 is 1.32 bits per heavy atom. The van der Waals surface area contributed by atoms with E-state index in [9.17, 15) is 4.79 Å². The van der Waals surface area contributed by atoms with E-state index in [0.717, 1.165) is 5.39 Å². The van der Waals surface area contributed by atoms with Crippen LogP contribution in [0.3, 0.4) is 0 Å². The number of hydrogen-bond acceptors (Lipinski definition) is 5. The van der Waals surface area contributed by atoms with Crippen molar-refractivity contribution in [1.29, 1.82) is 0 Å². The van der Waals surface area contributed by atoms with E-state index in [4.69, 9.17) is 4.52 Å². The van der Waals surface area contributed by atoms with Gasteiger partial charge in [-0.25, -0.2) is 0 Å². The quantitative estimate of drug-likeness (QED) is 0.800. The van der Waals surface area contributed by atoms with E-state index in [2.05, 4.69) is 20.4 Å². The third-order valence-electron chi connectivity index (χ3n) is 3.40. The number of fused-ring (bicyclic) bond motifs is 1. The van der Waals surface area contributed by atoms with Gasteiger partial charge in [0, 0.05) is 18.0 Å². The molecule has 0 fully saturated rings. The van der Waals surface area contributed by atoms with Crippen LogP contribution in [0.1, 0.15) is 42.0 Å². The topological polar surface area (TPSA) is 80.9 Å². The summed E-state index contributed by atoms with van der Waals surface area (Å²) in [5.74, 6) is 0.814. The number of carbonyl (C=O) groups is 1. The molecule has 112 valence electrons. The fourth-order valence-electron chi connectivity index (χ4n) is 2.21. The van der Waals surface area contributed by atoms with E-state index in [0.29, 0.717) is 29.2 Å². The molecule has 0 aliphatic heterocycles. The molecule has 2 aromatic heterocycles. The highest BCUT2D eigenvalue weighted by atomic mass is 16.5. The van der Waals surface area contributed by atoms with Crippen LogP contribution < -0.4 is 5.32 Å². The van der Waals surface area contributed by atoms with Crippen molar-refractivity contribution in [1.82, 2.24) is 20.4 Å². The lowest BCUT2D eigenvalue weighted by Crippen LogP contribution is -2.27. The second kappa shape index (κ2) is 5.93. The van der Waals surface area contributed by atoms with Crippen LogP contribution in [0.2, 0.25) is 0 Å². The van der Waals surface area contributed by atoms with Gasteiger partial charge in [0.2, 0.25) is 5.89 Å². The summed E-state index contributed by atoms with van der Waals surface area (Å²) in [6.07, 6.45) is 2.37. The minimum Gasteiger partial charge on any atom is -0.340 e. The van der Waals surface area contributed by atoms with Crippen molar-refractivity contribution in [2.75, 3.05) is 0 Å². The monoisotopic (exact) mass is 296 g/mol. The Balaban J connectivity index is 1.84. The molecule has 6 heteroatoms. The van der Waals surface area contributed by atoms with Crippen LogP contribution in [-0.4, -0.2) is 21.0 Å². The minimum atomic E-state index is -0.362. The number of aromatic nitrogens is 3. The van der Waals surface area contributed by atoms with Gasteiger partial charge in [0.15, 0.2) is 5.82 Å². The van der Waals surface area contributed by atoms with Crippen molar-refractivity contribution >= 4 is 16.8 Å². The summed E-state index contributed by atoms with van der Waals surface area (Å²) < 4.78 is 5.15. The van der Waals surface area contributed by atoms with Crippen LogP contribution in [0, 0.1) is 0 Å². The van der Waals surface area contributed by atoms with Crippen LogP contribution in [-0.2, 0) is 6.42 Å². The van der Waals surface area contributed by atoms with Gasteiger partial charge in [-0.1, -0.05) is 30.3 Å². The third-order valence-corrected chi connectivity index (χ3v) is 3.40. The van der Waals surface area contributed by atoms with Gasteiger partial charge in [-0.15, -0.1) is 0 Å². The molecule has 0 aliphatic carbocycles. The van der Waals surface area contributed by atoms with Crippen molar-refractivity contribution < 1.29 is 9.32 Å². The number of pyridine rings is 1. The van der Waals surface area contributed by atoms with Gasteiger partial charge in [-0.2, -0.15) is 4.98 Å². The molecule has 3 rings (SSSR count). The zero-order valence-corrected chi connectivity index (χ0v) is 12.4. The van der Waals surface area contributed by atoms with Gasteiger partial charge in [0.1, 0.15) is 6.04 Å². The van der Waals surface area contributed by atoms with Gasteiger partial charge >= 0.3 is 0 Å². The molecule has 0 spiro atoms. The first-order chi connectivity index (χ1) is 10.7. The van der Waals surface area contributed by atoms with E-state index < -0.39 is 0 Å². The van der Waals surface area contributed by atoms with Gasteiger partial charge in [0.05, 0.1) is 11.1 Å². The Kier molecular flexibility index (Phi) is 3.82. The number of nitrogens with one attached hydrogen (secondary N) is 1. The van der Waals surface area contributed by atoms with Crippen molar-refractivity contribution in [2.24, 2.45) is 0 Å². The number of hydrogen-bond donors (Lipinski definition) is 1. The van der Waals surface area contributed by atoms with E-state index in [1.165, 1.54) is 0 Å². The largest absolute Gasteiger partial charge is 0.340 e. The summed E-state index contributed by atoms with van der Waals surface area (Å²) in [4.78, 5) is 21.0. The molecular weight excluding hydrogens is 280 g/mol. The number of amides is 1.